The van der Waals surface area contributed by atoms with Crippen molar-refractivity contribution in [3.05, 3.63) is 87.7 Å². The zero-order chi connectivity index (χ0) is 28.0. The van der Waals surface area contributed by atoms with Crippen LogP contribution >= 0.6 is 11.6 Å². The molecule has 0 unspecified atom stereocenters. The molecule has 3 heterocycles. The van der Waals surface area contributed by atoms with Gasteiger partial charge in [0.2, 0.25) is 0 Å². The number of aryl methyl sites for hydroxylation is 1. The van der Waals surface area contributed by atoms with Gasteiger partial charge in [0, 0.05) is 37.4 Å². The fourth-order valence-corrected chi connectivity index (χ4v) is 5.93. The van der Waals surface area contributed by atoms with Crippen molar-refractivity contribution in [2.45, 2.75) is 44.7 Å². The first-order chi connectivity index (χ1) is 19.3. The maximum atomic E-state index is 13.9. The minimum absolute atomic E-state index is 0.110. The number of imidazole rings is 1. The molecule has 0 radical (unpaired) electrons. The second-order valence-corrected chi connectivity index (χ2v) is 10.7. The summed E-state index contributed by atoms with van der Waals surface area (Å²) in [6.07, 6.45) is 3.08. The van der Waals surface area contributed by atoms with Crippen LogP contribution in [0.25, 0.3) is 27.6 Å². The lowest BCUT2D eigenvalue weighted by Gasteiger charge is -2.29. The van der Waals surface area contributed by atoms with E-state index < -0.39 is 18.0 Å². The van der Waals surface area contributed by atoms with E-state index in [2.05, 4.69) is 15.4 Å². The molecule has 0 saturated heterocycles. The SMILES string of the molecule is Cn1cc2c(-n3c(=O)n(C[C@H]4CC[C@H](NC(=O)c5cc(Cl)cnc5C(F)F)CC4)c4ccccc43)cccc2n1. The maximum absolute atomic E-state index is 13.9. The number of carbonyl (C=O) groups excluding carboxylic acids is 1. The molecule has 3 aromatic heterocycles. The van der Waals surface area contributed by atoms with Crippen molar-refractivity contribution in [2.24, 2.45) is 13.0 Å². The van der Waals surface area contributed by atoms with Gasteiger partial charge in [-0.2, -0.15) is 5.10 Å². The number of carbonyl (C=O) groups is 1. The number of nitrogens with one attached hydrogen (secondary N) is 1. The predicted octanol–water partition coefficient (Wildman–Crippen LogP) is 5.65. The normalized spacial score (nSPS) is 17.6. The van der Waals surface area contributed by atoms with Gasteiger partial charge in [-0.05, 0) is 61.9 Å². The number of pyridine rings is 1. The topological polar surface area (TPSA) is 86.7 Å². The number of nitrogens with zero attached hydrogens (tertiary/aromatic N) is 5. The van der Waals surface area contributed by atoms with Gasteiger partial charge in [-0.15, -0.1) is 0 Å². The Morgan fingerprint density at radius 3 is 2.60 bits per heavy atom. The molecule has 0 spiro atoms. The van der Waals surface area contributed by atoms with E-state index in [1.54, 1.807) is 9.25 Å². The highest BCUT2D eigenvalue weighted by molar-refractivity contribution is 6.30. The van der Waals surface area contributed by atoms with E-state index in [4.69, 9.17) is 11.6 Å². The molecule has 1 amide bonds. The van der Waals surface area contributed by atoms with Gasteiger partial charge in [-0.1, -0.05) is 29.8 Å². The Morgan fingerprint density at radius 2 is 1.85 bits per heavy atom. The van der Waals surface area contributed by atoms with Crippen molar-refractivity contribution in [3.63, 3.8) is 0 Å². The second-order valence-electron chi connectivity index (χ2n) is 10.3. The van der Waals surface area contributed by atoms with E-state index in [1.165, 1.54) is 6.07 Å². The van der Waals surface area contributed by atoms with Crippen molar-refractivity contribution < 1.29 is 13.6 Å². The van der Waals surface area contributed by atoms with E-state index >= 15 is 0 Å². The van der Waals surface area contributed by atoms with Crippen LogP contribution in [-0.4, -0.2) is 35.8 Å². The minimum atomic E-state index is -2.88. The van der Waals surface area contributed by atoms with Crippen LogP contribution < -0.4 is 11.0 Å². The maximum Gasteiger partial charge on any atom is 0.333 e. The minimum Gasteiger partial charge on any atom is -0.349 e. The van der Waals surface area contributed by atoms with Crippen LogP contribution in [0.2, 0.25) is 5.02 Å². The van der Waals surface area contributed by atoms with Crippen LogP contribution in [0.3, 0.4) is 0 Å². The van der Waals surface area contributed by atoms with Crippen molar-refractivity contribution in [3.8, 4) is 5.69 Å². The summed E-state index contributed by atoms with van der Waals surface area (Å²) in [4.78, 5) is 30.3. The predicted molar refractivity (Wildman–Crippen MR) is 149 cm³/mol. The van der Waals surface area contributed by atoms with E-state index in [1.807, 2.05) is 60.3 Å². The molecule has 2 aromatic carbocycles. The summed E-state index contributed by atoms with van der Waals surface area (Å²) in [6.45, 7) is 0.545. The van der Waals surface area contributed by atoms with Crippen LogP contribution in [0.15, 0.2) is 65.7 Å². The lowest BCUT2D eigenvalue weighted by atomic mass is 9.85. The Bertz CT molecular complexity index is 1780. The quantitative estimate of drug-likeness (QED) is 0.289. The molecule has 0 aliphatic heterocycles. The van der Waals surface area contributed by atoms with Crippen LogP contribution in [0, 0.1) is 5.92 Å². The summed E-state index contributed by atoms with van der Waals surface area (Å²) in [6, 6.07) is 14.6. The van der Waals surface area contributed by atoms with Crippen molar-refractivity contribution >= 4 is 39.4 Å². The molecule has 6 rings (SSSR count). The zero-order valence-corrected chi connectivity index (χ0v) is 22.5. The van der Waals surface area contributed by atoms with Crippen LogP contribution in [0.1, 0.15) is 48.2 Å². The largest absolute Gasteiger partial charge is 0.349 e. The Labute approximate surface area is 233 Å². The van der Waals surface area contributed by atoms with Gasteiger partial charge in [-0.25, -0.2) is 13.6 Å². The molecular formula is C29H27ClF2N6O2. The summed E-state index contributed by atoms with van der Waals surface area (Å²) in [5.41, 5.74) is 2.41. The number of amides is 1. The molecule has 1 saturated carbocycles. The van der Waals surface area contributed by atoms with Gasteiger partial charge < -0.3 is 5.32 Å². The average molecular weight is 565 g/mol. The molecule has 40 heavy (non-hydrogen) atoms. The first-order valence-corrected chi connectivity index (χ1v) is 13.6. The third-order valence-electron chi connectivity index (χ3n) is 7.68. The first kappa shape index (κ1) is 26.2. The Hall–Kier alpha value is -4.05. The second kappa shape index (κ2) is 10.5. The van der Waals surface area contributed by atoms with Gasteiger partial charge in [0.05, 0.1) is 32.8 Å². The molecule has 0 atom stereocenters. The Balaban J connectivity index is 1.21. The van der Waals surface area contributed by atoms with Gasteiger partial charge in [0.25, 0.3) is 12.3 Å². The Kier molecular flexibility index (Phi) is 6.87. The summed E-state index contributed by atoms with van der Waals surface area (Å²) in [7, 11) is 1.86. The molecule has 206 valence electrons. The van der Waals surface area contributed by atoms with Crippen LogP contribution in [0.4, 0.5) is 8.78 Å². The number of benzene rings is 2. The number of halogens is 3. The lowest BCUT2D eigenvalue weighted by Crippen LogP contribution is -2.39. The molecule has 0 bridgehead atoms. The smallest absolute Gasteiger partial charge is 0.333 e. The van der Waals surface area contributed by atoms with E-state index in [9.17, 15) is 18.4 Å². The van der Waals surface area contributed by atoms with E-state index in [0.717, 1.165) is 46.7 Å². The standard InChI is InChI=1S/C29H27ClF2N6O2/c1-36-16-21-22(35-36)5-4-8-23(21)38-25-7-3-2-6-24(25)37(29(38)40)15-17-9-11-19(12-10-17)34-28(39)20-13-18(30)14-33-26(20)27(31)32/h2-8,13-14,16-17,19,27H,9-12,15H2,1H3,(H,34,39)/t17-,19-. The van der Waals surface area contributed by atoms with Crippen molar-refractivity contribution in [2.75, 3.05) is 0 Å². The molecule has 5 aromatic rings. The molecule has 11 heteroatoms. The molecule has 1 aliphatic rings. The third-order valence-corrected chi connectivity index (χ3v) is 7.88. The van der Waals surface area contributed by atoms with E-state index in [0.29, 0.717) is 19.4 Å². The highest BCUT2D eigenvalue weighted by Crippen LogP contribution is 2.30. The molecule has 1 N–H and O–H groups in total. The van der Waals surface area contributed by atoms with Crippen molar-refractivity contribution in [1.82, 2.24) is 29.2 Å². The summed E-state index contributed by atoms with van der Waals surface area (Å²) >= 11 is 5.91. The Morgan fingerprint density at radius 1 is 1.10 bits per heavy atom. The number of alkyl halides is 2. The highest BCUT2D eigenvalue weighted by Gasteiger charge is 2.27. The summed E-state index contributed by atoms with van der Waals surface area (Å²) in [5.74, 6) is -0.374. The summed E-state index contributed by atoms with van der Waals surface area (Å²) in [5, 5.41) is 8.39. The van der Waals surface area contributed by atoms with Crippen LogP contribution in [0.5, 0.6) is 0 Å². The average Bonchev–Trinajstić information content (AvgIpc) is 3.45. The number of rotatable bonds is 6. The lowest BCUT2D eigenvalue weighted by molar-refractivity contribution is 0.0904. The van der Waals surface area contributed by atoms with Crippen LogP contribution in [-0.2, 0) is 13.6 Å². The van der Waals surface area contributed by atoms with Gasteiger partial charge >= 0.3 is 5.69 Å². The fourth-order valence-electron chi connectivity index (χ4n) is 5.78. The highest BCUT2D eigenvalue weighted by atomic mass is 35.5. The molecule has 1 fully saturated rings. The van der Waals surface area contributed by atoms with E-state index in [-0.39, 0.29) is 28.2 Å². The van der Waals surface area contributed by atoms with Gasteiger partial charge in [0.1, 0.15) is 5.69 Å². The summed E-state index contributed by atoms with van der Waals surface area (Å²) < 4.78 is 32.1. The fraction of sp³-hybridized carbons (Fsp3) is 0.310. The third kappa shape index (κ3) is 4.77. The molecular weight excluding hydrogens is 538 g/mol. The number of fused-ring (bicyclic) bond motifs is 2. The van der Waals surface area contributed by atoms with Gasteiger partial charge in [0.15, 0.2) is 0 Å². The number of hydrogen-bond donors (Lipinski definition) is 1. The monoisotopic (exact) mass is 564 g/mol. The number of hydrogen-bond acceptors (Lipinski definition) is 4. The van der Waals surface area contributed by atoms with Gasteiger partial charge in [-0.3, -0.25) is 23.6 Å². The zero-order valence-electron chi connectivity index (χ0n) is 21.7. The number of aromatic nitrogens is 5. The molecule has 1 aliphatic carbocycles. The number of para-hydroxylation sites is 2. The van der Waals surface area contributed by atoms with Crippen molar-refractivity contribution in [1.29, 1.82) is 0 Å². The first-order valence-electron chi connectivity index (χ1n) is 13.2. The molecule has 8 nitrogen and oxygen atoms in total.